The number of ether oxygens (including phenoxy) is 1. The van der Waals surface area contributed by atoms with Crippen LogP contribution in [0.5, 0.6) is 11.5 Å². The Hall–Kier alpha value is -2.44. The van der Waals surface area contributed by atoms with Gasteiger partial charge in [-0.25, -0.2) is 0 Å². The van der Waals surface area contributed by atoms with Crippen LogP contribution in [0.15, 0.2) is 47.4 Å². The maximum atomic E-state index is 12.6. The molecule has 0 aromatic heterocycles. The summed E-state index contributed by atoms with van der Waals surface area (Å²) in [4.78, 5) is 26.3. The number of hydrogen-bond donors (Lipinski definition) is 1. The first-order valence-electron chi connectivity index (χ1n) is 7.94. The summed E-state index contributed by atoms with van der Waals surface area (Å²) < 4.78 is 5.34. The molecule has 1 aliphatic rings. The second kappa shape index (κ2) is 7.85. The van der Waals surface area contributed by atoms with Gasteiger partial charge in [0.15, 0.2) is 11.5 Å². The topological polar surface area (TPSA) is 66.8 Å². The predicted octanol–water partition coefficient (Wildman–Crippen LogP) is 4.68. The number of hydrogen-bond acceptors (Lipinski definition) is 5. The van der Waals surface area contributed by atoms with Gasteiger partial charge in [-0.05, 0) is 48.0 Å². The lowest BCUT2D eigenvalue weighted by Crippen LogP contribution is -2.27. The Bertz CT molecular complexity index is 883. The molecule has 1 N–H and O–H groups in total. The van der Waals surface area contributed by atoms with Gasteiger partial charge in [-0.2, -0.15) is 0 Å². The Morgan fingerprint density at radius 1 is 1.23 bits per heavy atom. The average Bonchev–Trinajstić information content (AvgIpc) is 2.88. The molecule has 1 saturated heterocycles. The fourth-order valence-corrected chi connectivity index (χ4v) is 3.55. The van der Waals surface area contributed by atoms with Gasteiger partial charge in [0.1, 0.15) is 0 Å². The summed E-state index contributed by atoms with van der Waals surface area (Å²) in [7, 11) is 0. The van der Waals surface area contributed by atoms with Gasteiger partial charge in [0.2, 0.25) is 0 Å². The van der Waals surface area contributed by atoms with Gasteiger partial charge in [-0.3, -0.25) is 14.5 Å². The van der Waals surface area contributed by atoms with Gasteiger partial charge >= 0.3 is 0 Å². The molecular weight excluding hydrogens is 374 g/mol. The van der Waals surface area contributed by atoms with Crippen LogP contribution >= 0.6 is 23.4 Å². The normalized spacial score (nSPS) is 15.8. The molecule has 0 spiro atoms. The first-order chi connectivity index (χ1) is 12.5. The summed E-state index contributed by atoms with van der Waals surface area (Å²) in [5, 5.41) is 9.70. The Kier molecular flexibility index (Phi) is 5.54. The van der Waals surface area contributed by atoms with E-state index >= 15 is 0 Å². The van der Waals surface area contributed by atoms with E-state index in [1.165, 1.54) is 11.0 Å². The van der Waals surface area contributed by atoms with Gasteiger partial charge in [0.25, 0.3) is 11.1 Å². The van der Waals surface area contributed by atoms with Crippen molar-refractivity contribution in [2.75, 3.05) is 6.61 Å². The molecule has 1 aliphatic heterocycles. The van der Waals surface area contributed by atoms with Crippen molar-refractivity contribution in [3.05, 3.63) is 63.5 Å². The Morgan fingerprint density at radius 3 is 2.65 bits per heavy atom. The molecule has 26 heavy (non-hydrogen) atoms. The molecule has 3 rings (SSSR count). The van der Waals surface area contributed by atoms with Crippen LogP contribution in [0.2, 0.25) is 5.02 Å². The van der Waals surface area contributed by atoms with Crippen LogP contribution in [0, 0.1) is 0 Å². The minimum atomic E-state index is -0.356. The molecule has 0 unspecified atom stereocenters. The van der Waals surface area contributed by atoms with E-state index in [1.54, 1.807) is 19.1 Å². The molecule has 0 radical (unpaired) electrons. The fraction of sp³-hybridized carbons (Fsp3) is 0.158. The van der Waals surface area contributed by atoms with Crippen molar-refractivity contribution < 1.29 is 19.4 Å². The number of phenols is 1. The number of phenolic OH excluding ortho intramolecular Hbond substituents is 1. The maximum Gasteiger partial charge on any atom is 0.293 e. The van der Waals surface area contributed by atoms with Crippen LogP contribution in [0.3, 0.4) is 0 Å². The van der Waals surface area contributed by atoms with Crippen molar-refractivity contribution in [3.63, 3.8) is 0 Å². The van der Waals surface area contributed by atoms with E-state index in [0.717, 1.165) is 17.3 Å². The van der Waals surface area contributed by atoms with Gasteiger partial charge < -0.3 is 9.84 Å². The van der Waals surface area contributed by atoms with E-state index in [0.29, 0.717) is 17.1 Å². The molecule has 5 nitrogen and oxygen atoms in total. The van der Waals surface area contributed by atoms with Crippen LogP contribution < -0.4 is 4.74 Å². The van der Waals surface area contributed by atoms with Crippen molar-refractivity contribution in [3.8, 4) is 11.5 Å². The van der Waals surface area contributed by atoms with E-state index in [1.807, 2.05) is 30.3 Å². The summed E-state index contributed by atoms with van der Waals surface area (Å²) >= 11 is 6.89. The van der Waals surface area contributed by atoms with Crippen molar-refractivity contribution in [1.82, 2.24) is 4.90 Å². The highest BCUT2D eigenvalue weighted by atomic mass is 35.5. The number of rotatable bonds is 5. The van der Waals surface area contributed by atoms with Gasteiger partial charge in [0, 0.05) is 0 Å². The summed E-state index contributed by atoms with van der Waals surface area (Å²) in [5.74, 6) is -0.274. The minimum absolute atomic E-state index is 0.116. The number of carbonyl (C=O) groups is 2. The smallest absolute Gasteiger partial charge is 0.293 e. The molecular formula is C19H16ClNO4S. The molecule has 1 heterocycles. The largest absolute Gasteiger partial charge is 0.503 e. The summed E-state index contributed by atoms with van der Waals surface area (Å²) in [5.41, 5.74) is 1.45. The van der Waals surface area contributed by atoms with Crippen molar-refractivity contribution in [2.24, 2.45) is 0 Å². The second-order valence-electron chi connectivity index (χ2n) is 5.54. The third-order valence-corrected chi connectivity index (χ3v) is 4.90. The van der Waals surface area contributed by atoms with E-state index in [9.17, 15) is 14.7 Å². The lowest BCUT2D eigenvalue weighted by molar-refractivity contribution is -0.123. The number of carbonyl (C=O) groups excluding carboxylic acids is 2. The molecule has 1 fully saturated rings. The zero-order chi connectivity index (χ0) is 18.7. The highest BCUT2D eigenvalue weighted by Crippen LogP contribution is 2.38. The minimum Gasteiger partial charge on any atom is -0.503 e. The molecule has 7 heteroatoms. The SMILES string of the molecule is CCOc1cc(/C=C2\SC(=O)N(Cc3ccccc3)C2=O)cc(Cl)c1O. The maximum absolute atomic E-state index is 12.6. The molecule has 134 valence electrons. The first-order valence-corrected chi connectivity index (χ1v) is 9.13. The molecule has 2 aromatic carbocycles. The van der Waals surface area contributed by atoms with Crippen molar-refractivity contribution in [1.29, 1.82) is 0 Å². The number of nitrogens with zero attached hydrogens (tertiary/aromatic N) is 1. The van der Waals surface area contributed by atoms with Gasteiger partial charge in [0.05, 0.1) is 23.1 Å². The van der Waals surface area contributed by atoms with Crippen LogP contribution in [0.25, 0.3) is 6.08 Å². The fourth-order valence-electron chi connectivity index (χ4n) is 2.50. The molecule has 0 aliphatic carbocycles. The lowest BCUT2D eigenvalue weighted by Gasteiger charge is -2.12. The Labute approximate surface area is 160 Å². The highest BCUT2D eigenvalue weighted by molar-refractivity contribution is 8.18. The number of benzene rings is 2. The second-order valence-corrected chi connectivity index (χ2v) is 6.94. The van der Waals surface area contributed by atoms with Crippen molar-refractivity contribution >= 4 is 40.6 Å². The lowest BCUT2D eigenvalue weighted by atomic mass is 10.1. The quantitative estimate of drug-likeness (QED) is 0.752. The number of imide groups is 1. The first kappa shape index (κ1) is 18.4. The monoisotopic (exact) mass is 389 g/mol. The van der Waals surface area contributed by atoms with Crippen LogP contribution in [0.1, 0.15) is 18.1 Å². The summed E-state index contributed by atoms with van der Waals surface area (Å²) in [6.07, 6.45) is 1.57. The van der Waals surface area contributed by atoms with Crippen LogP contribution in [-0.2, 0) is 11.3 Å². The molecule has 0 bridgehead atoms. The average molecular weight is 390 g/mol. The highest BCUT2D eigenvalue weighted by Gasteiger charge is 2.35. The summed E-state index contributed by atoms with van der Waals surface area (Å²) in [6, 6.07) is 12.4. The van der Waals surface area contributed by atoms with Crippen molar-refractivity contribution in [2.45, 2.75) is 13.5 Å². The summed E-state index contributed by atoms with van der Waals surface area (Å²) in [6.45, 7) is 2.37. The number of amides is 2. The molecule has 0 saturated carbocycles. The Balaban J connectivity index is 1.86. The van der Waals surface area contributed by atoms with E-state index < -0.39 is 0 Å². The van der Waals surface area contributed by atoms with Crippen LogP contribution in [0.4, 0.5) is 4.79 Å². The third-order valence-electron chi connectivity index (χ3n) is 3.71. The molecule has 0 atom stereocenters. The zero-order valence-electron chi connectivity index (χ0n) is 13.9. The molecule has 2 amide bonds. The number of thioether (sulfide) groups is 1. The Morgan fingerprint density at radius 2 is 1.96 bits per heavy atom. The van der Waals surface area contributed by atoms with E-state index in [2.05, 4.69) is 0 Å². The van der Waals surface area contributed by atoms with E-state index in [-0.39, 0.29) is 34.2 Å². The van der Waals surface area contributed by atoms with Crippen LogP contribution in [-0.4, -0.2) is 27.8 Å². The number of aromatic hydroxyl groups is 1. The van der Waals surface area contributed by atoms with Gasteiger partial charge in [-0.15, -0.1) is 0 Å². The third kappa shape index (κ3) is 3.86. The standard InChI is InChI=1S/C19H16ClNO4S/c1-2-25-15-9-13(8-14(20)17(15)22)10-16-18(23)21(19(24)26-16)11-12-6-4-3-5-7-12/h3-10,22H,2,11H2,1H3/b16-10-. The predicted molar refractivity (Wildman–Crippen MR) is 102 cm³/mol. The van der Waals surface area contributed by atoms with Gasteiger partial charge in [-0.1, -0.05) is 41.9 Å². The van der Waals surface area contributed by atoms with E-state index in [4.69, 9.17) is 16.3 Å². The molecule has 2 aromatic rings. The number of halogens is 1. The zero-order valence-corrected chi connectivity index (χ0v) is 15.5.